The molecule has 2 heterocycles. The number of pyridine rings is 1. The van der Waals surface area contributed by atoms with Crippen LogP contribution in [0.15, 0.2) is 22.9 Å². The van der Waals surface area contributed by atoms with Crippen molar-refractivity contribution in [2.75, 3.05) is 26.2 Å². The number of ether oxygens (including phenoxy) is 1. The monoisotopic (exact) mass is 370 g/mol. The molecule has 0 atom stereocenters. The van der Waals surface area contributed by atoms with Crippen LogP contribution in [0, 0.1) is 5.92 Å². The minimum atomic E-state index is -0.521. The van der Waals surface area contributed by atoms with E-state index >= 15 is 0 Å². The van der Waals surface area contributed by atoms with Crippen molar-refractivity contribution < 1.29 is 9.84 Å². The number of rotatable bonds is 7. The molecule has 1 saturated heterocycles. The molecule has 1 fully saturated rings. The molecule has 1 aromatic rings. The number of likely N-dealkylation sites (tertiary alicyclic amines) is 1. The lowest BCUT2D eigenvalue weighted by Gasteiger charge is -2.37. The lowest BCUT2D eigenvalue weighted by Crippen LogP contribution is -2.46. The maximum atomic E-state index is 10.4. The van der Waals surface area contributed by atoms with Crippen LogP contribution in [0.1, 0.15) is 39.5 Å². The first-order chi connectivity index (χ1) is 10.5. The van der Waals surface area contributed by atoms with Crippen LogP contribution in [0.25, 0.3) is 0 Å². The first-order valence-electron chi connectivity index (χ1n) is 8.23. The van der Waals surface area contributed by atoms with Crippen LogP contribution in [0.3, 0.4) is 0 Å². The molecular formula is C17H27BrN2O2. The van der Waals surface area contributed by atoms with Gasteiger partial charge < -0.3 is 14.7 Å². The minimum absolute atomic E-state index is 0.521. The molecule has 1 aliphatic rings. The summed E-state index contributed by atoms with van der Waals surface area (Å²) in [5, 5.41) is 10.4. The van der Waals surface area contributed by atoms with Crippen LogP contribution in [-0.2, 0) is 0 Å². The molecule has 0 bridgehead atoms. The molecule has 0 saturated carbocycles. The Balaban J connectivity index is 1.72. The fraction of sp³-hybridized carbons (Fsp3) is 0.706. The van der Waals surface area contributed by atoms with E-state index in [1.54, 1.807) is 6.20 Å². The number of hydrogen-bond acceptors (Lipinski definition) is 4. The molecule has 1 aromatic heterocycles. The summed E-state index contributed by atoms with van der Waals surface area (Å²) in [4.78, 5) is 6.56. The van der Waals surface area contributed by atoms with E-state index in [1.165, 1.54) is 0 Å². The highest BCUT2D eigenvalue weighted by molar-refractivity contribution is 9.10. The first kappa shape index (κ1) is 17.7. The number of nitrogens with zero attached hydrogens (tertiary/aromatic N) is 2. The Bertz CT molecular complexity index is 440. The van der Waals surface area contributed by atoms with Crippen LogP contribution in [0.2, 0.25) is 0 Å². The highest BCUT2D eigenvalue weighted by Crippen LogP contribution is 2.23. The Kier molecular flexibility index (Phi) is 6.66. The second-order valence-corrected chi connectivity index (χ2v) is 7.09. The zero-order valence-corrected chi connectivity index (χ0v) is 15.2. The van der Waals surface area contributed by atoms with E-state index in [-0.39, 0.29) is 0 Å². The fourth-order valence-electron chi connectivity index (χ4n) is 2.86. The maximum Gasteiger partial charge on any atom is 0.137 e. The van der Waals surface area contributed by atoms with Crippen LogP contribution in [0.4, 0.5) is 0 Å². The van der Waals surface area contributed by atoms with Gasteiger partial charge in [-0.1, -0.05) is 13.8 Å². The number of piperidine rings is 1. The molecule has 0 radical (unpaired) electrons. The van der Waals surface area contributed by atoms with E-state index in [0.29, 0.717) is 5.92 Å². The van der Waals surface area contributed by atoms with Crippen LogP contribution in [-0.4, -0.2) is 46.8 Å². The van der Waals surface area contributed by atoms with Crippen LogP contribution >= 0.6 is 15.9 Å². The Morgan fingerprint density at radius 2 is 2.00 bits per heavy atom. The standard InChI is InChI=1S/C17H27BrN2O2/c1-3-17(21,4-2)13-20-9-7-14(8-10-20)12-22-15-5-6-16(18)19-11-15/h5-6,11,14,21H,3-4,7-10,12-13H2,1-2H3. The molecule has 2 rings (SSSR count). The molecule has 1 aliphatic heterocycles. The van der Waals surface area contributed by atoms with Gasteiger partial charge in [0.2, 0.25) is 0 Å². The minimum Gasteiger partial charge on any atom is -0.492 e. The number of β-amino-alcohol motifs (C(OH)–C–C–N with tert-alkyl or cyclic N) is 1. The lowest BCUT2D eigenvalue weighted by atomic mass is 9.93. The zero-order valence-electron chi connectivity index (χ0n) is 13.6. The topological polar surface area (TPSA) is 45.6 Å². The summed E-state index contributed by atoms with van der Waals surface area (Å²) < 4.78 is 6.65. The maximum absolute atomic E-state index is 10.4. The molecule has 124 valence electrons. The van der Waals surface area contributed by atoms with Crippen molar-refractivity contribution in [1.29, 1.82) is 0 Å². The fourth-order valence-corrected chi connectivity index (χ4v) is 3.10. The predicted molar refractivity (Wildman–Crippen MR) is 92.1 cm³/mol. The quantitative estimate of drug-likeness (QED) is 0.746. The van der Waals surface area contributed by atoms with Gasteiger partial charge in [0.1, 0.15) is 10.4 Å². The molecule has 22 heavy (non-hydrogen) atoms. The first-order valence-corrected chi connectivity index (χ1v) is 9.03. The summed E-state index contributed by atoms with van der Waals surface area (Å²) in [7, 11) is 0. The van der Waals surface area contributed by atoms with E-state index in [2.05, 4.69) is 39.7 Å². The van der Waals surface area contributed by atoms with E-state index in [1.807, 2.05) is 12.1 Å². The number of halogens is 1. The lowest BCUT2D eigenvalue weighted by molar-refractivity contribution is -0.0133. The van der Waals surface area contributed by atoms with Gasteiger partial charge in [0.05, 0.1) is 18.4 Å². The van der Waals surface area contributed by atoms with Crippen molar-refractivity contribution >= 4 is 15.9 Å². The summed E-state index contributed by atoms with van der Waals surface area (Å²) in [5.74, 6) is 1.42. The van der Waals surface area contributed by atoms with Gasteiger partial charge in [0.25, 0.3) is 0 Å². The highest BCUT2D eigenvalue weighted by atomic mass is 79.9. The molecule has 0 spiro atoms. The SMILES string of the molecule is CCC(O)(CC)CN1CCC(COc2ccc(Br)nc2)CC1. The second-order valence-electron chi connectivity index (χ2n) is 6.28. The summed E-state index contributed by atoms with van der Waals surface area (Å²) in [6.45, 7) is 7.78. The molecule has 5 heteroatoms. The number of hydrogen-bond donors (Lipinski definition) is 1. The van der Waals surface area contributed by atoms with Crippen LogP contribution < -0.4 is 4.74 Å². The molecule has 0 amide bonds. The second kappa shape index (κ2) is 8.27. The zero-order chi connectivity index (χ0) is 16.0. The van der Waals surface area contributed by atoms with Gasteiger partial charge in [-0.3, -0.25) is 0 Å². The summed E-state index contributed by atoms with van der Waals surface area (Å²) in [6, 6.07) is 3.84. The summed E-state index contributed by atoms with van der Waals surface area (Å²) in [6.07, 6.45) is 5.66. The third-order valence-corrected chi connectivity index (χ3v) is 5.20. The van der Waals surface area contributed by atoms with Gasteiger partial charge in [0, 0.05) is 6.54 Å². The van der Waals surface area contributed by atoms with E-state index in [9.17, 15) is 5.11 Å². The van der Waals surface area contributed by atoms with Gasteiger partial charge >= 0.3 is 0 Å². The Hall–Kier alpha value is -0.650. The molecule has 0 aliphatic carbocycles. The van der Waals surface area contributed by atoms with Crippen LogP contribution in [0.5, 0.6) is 5.75 Å². The predicted octanol–water partition coefficient (Wildman–Crippen LogP) is 3.49. The smallest absolute Gasteiger partial charge is 0.137 e. The van der Waals surface area contributed by atoms with Crippen molar-refractivity contribution in [3.05, 3.63) is 22.9 Å². The molecular weight excluding hydrogens is 344 g/mol. The third-order valence-electron chi connectivity index (χ3n) is 4.73. The van der Waals surface area contributed by atoms with Crippen molar-refractivity contribution in [2.45, 2.75) is 45.1 Å². The average molecular weight is 371 g/mol. The summed E-state index contributed by atoms with van der Waals surface area (Å²) >= 11 is 3.32. The van der Waals surface area contributed by atoms with Crippen molar-refractivity contribution in [1.82, 2.24) is 9.88 Å². The van der Waals surface area contributed by atoms with Crippen molar-refractivity contribution in [2.24, 2.45) is 5.92 Å². The van der Waals surface area contributed by atoms with Gasteiger partial charge in [-0.25, -0.2) is 4.98 Å². The molecule has 0 aromatic carbocycles. The normalized spacial score (nSPS) is 17.6. The van der Waals surface area contributed by atoms with Gasteiger partial charge in [0.15, 0.2) is 0 Å². The average Bonchev–Trinajstić information content (AvgIpc) is 2.55. The molecule has 0 unspecified atom stereocenters. The number of aliphatic hydroxyl groups is 1. The molecule has 4 nitrogen and oxygen atoms in total. The van der Waals surface area contributed by atoms with E-state index in [4.69, 9.17) is 4.74 Å². The Labute approximate surface area is 142 Å². The molecule has 1 N–H and O–H groups in total. The van der Waals surface area contributed by atoms with Gasteiger partial charge in [-0.15, -0.1) is 0 Å². The summed E-state index contributed by atoms with van der Waals surface area (Å²) in [5.41, 5.74) is -0.521. The van der Waals surface area contributed by atoms with Gasteiger partial charge in [-0.2, -0.15) is 0 Å². The third kappa shape index (κ3) is 5.21. The largest absolute Gasteiger partial charge is 0.492 e. The van der Waals surface area contributed by atoms with Crippen molar-refractivity contribution in [3.63, 3.8) is 0 Å². The van der Waals surface area contributed by atoms with Gasteiger partial charge in [-0.05, 0) is 72.8 Å². The Morgan fingerprint density at radius 3 is 2.55 bits per heavy atom. The number of aromatic nitrogens is 1. The van der Waals surface area contributed by atoms with E-state index in [0.717, 1.165) is 62.3 Å². The highest BCUT2D eigenvalue weighted by Gasteiger charge is 2.28. The van der Waals surface area contributed by atoms with E-state index < -0.39 is 5.60 Å². The Morgan fingerprint density at radius 1 is 1.32 bits per heavy atom. The van der Waals surface area contributed by atoms with Crippen molar-refractivity contribution in [3.8, 4) is 5.75 Å².